The van der Waals surface area contributed by atoms with Gasteiger partial charge in [-0.15, -0.1) is 0 Å². The van der Waals surface area contributed by atoms with E-state index in [1.165, 1.54) is 0 Å². The number of aromatic carboxylic acids is 1. The molecule has 0 bridgehead atoms. The lowest BCUT2D eigenvalue weighted by Crippen LogP contribution is -2.46. The van der Waals surface area contributed by atoms with Crippen LogP contribution in [0.2, 0.25) is 0 Å². The molecule has 0 spiro atoms. The van der Waals surface area contributed by atoms with Crippen LogP contribution in [0.15, 0.2) is 10.7 Å². The van der Waals surface area contributed by atoms with Gasteiger partial charge in [0.1, 0.15) is 6.26 Å². The number of carbonyl (C=O) groups excluding carboxylic acids is 2. The highest BCUT2D eigenvalue weighted by molar-refractivity contribution is 5.85. The number of piperidine rings is 1. The van der Waals surface area contributed by atoms with Crippen molar-refractivity contribution in [3.8, 4) is 0 Å². The van der Waals surface area contributed by atoms with Crippen LogP contribution in [0.25, 0.3) is 0 Å². The Kier molecular flexibility index (Phi) is 5.94. The zero-order valence-corrected chi connectivity index (χ0v) is 13.9. The summed E-state index contributed by atoms with van der Waals surface area (Å²) < 4.78 is 5.00. The number of carboxylic acids is 1. The van der Waals surface area contributed by atoms with Gasteiger partial charge in [0.15, 0.2) is 5.69 Å². The van der Waals surface area contributed by atoms with Gasteiger partial charge in [0, 0.05) is 19.0 Å². The average Bonchev–Trinajstić information content (AvgIpc) is 3.07. The molecule has 0 aromatic carbocycles. The van der Waals surface area contributed by atoms with E-state index in [2.05, 4.69) is 10.3 Å². The van der Waals surface area contributed by atoms with E-state index in [0.29, 0.717) is 13.1 Å². The smallest absolute Gasteiger partial charge is 0.357 e. The predicted molar refractivity (Wildman–Crippen MR) is 84.1 cm³/mol. The largest absolute Gasteiger partial charge is 0.476 e. The van der Waals surface area contributed by atoms with Gasteiger partial charge in [-0.3, -0.25) is 9.59 Å². The van der Waals surface area contributed by atoms with Crippen molar-refractivity contribution >= 4 is 17.8 Å². The van der Waals surface area contributed by atoms with Gasteiger partial charge in [-0.2, -0.15) is 0 Å². The number of carbonyl (C=O) groups is 3. The van der Waals surface area contributed by atoms with Gasteiger partial charge in [0.25, 0.3) is 0 Å². The third-order valence-electron chi connectivity index (χ3n) is 4.32. The number of oxazole rings is 1. The van der Waals surface area contributed by atoms with Crippen molar-refractivity contribution in [2.75, 3.05) is 13.1 Å². The lowest BCUT2D eigenvalue weighted by molar-refractivity contribution is -0.139. The Labute approximate surface area is 140 Å². The average molecular weight is 337 g/mol. The molecule has 1 aromatic rings. The second-order valence-corrected chi connectivity index (χ2v) is 6.08. The number of hydrogen-bond donors (Lipinski definition) is 2. The minimum atomic E-state index is -1.18. The van der Waals surface area contributed by atoms with Gasteiger partial charge < -0.3 is 19.7 Å². The molecule has 1 fully saturated rings. The first kappa shape index (κ1) is 18.0. The third kappa shape index (κ3) is 4.33. The van der Waals surface area contributed by atoms with E-state index in [-0.39, 0.29) is 41.8 Å². The van der Waals surface area contributed by atoms with Gasteiger partial charge in [-0.1, -0.05) is 13.8 Å². The van der Waals surface area contributed by atoms with Gasteiger partial charge >= 0.3 is 5.97 Å². The normalized spacial score (nSPS) is 18.9. The lowest BCUT2D eigenvalue weighted by atomic mass is 9.95. The van der Waals surface area contributed by atoms with Crippen molar-refractivity contribution in [1.29, 1.82) is 0 Å². The summed E-state index contributed by atoms with van der Waals surface area (Å²) in [6.45, 7) is 5.00. The van der Waals surface area contributed by atoms with E-state index in [4.69, 9.17) is 9.52 Å². The molecule has 2 N–H and O–H groups in total. The molecule has 132 valence electrons. The summed E-state index contributed by atoms with van der Waals surface area (Å²) in [6.07, 6.45) is 3.34. The minimum absolute atomic E-state index is 0.0297. The zero-order chi connectivity index (χ0) is 17.7. The fraction of sp³-hybridized carbons (Fsp3) is 0.625. The number of aromatic nitrogens is 1. The molecule has 8 nitrogen and oxygen atoms in total. The maximum Gasteiger partial charge on any atom is 0.357 e. The van der Waals surface area contributed by atoms with Crippen molar-refractivity contribution in [3.05, 3.63) is 17.8 Å². The zero-order valence-electron chi connectivity index (χ0n) is 13.9. The maximum atomic E-state index is 12.3. The van der Waals surface area contributed by atoms with Crippen LogP contribution >= 0.6 is 0 Å². The molecule has 2 rings (SSSR count). The Bertz CT molecular complexity index is 613. The van der Waals surface area contributed by atoms with Crippen molar-refractivity contribution in [3.63, 3.8) is 0 Å². The molecule has 2 amide bonds. The van der Waals surface area contributed by atoms with E-state index < -0.39 is 5.97 Å². The standard InChI is InChI=1S/C16H23N3O5/c1-3-10(2)15(21)19-6-4-5-11(8-19)14(20)17-7-13-18-12(9-24-13)16(22)23/h9-11H,3-8H2,1-2H3,(H,17,20)(H,22,23)/t10-,11-/m1/s1. The number of hydrogen-bond acceptors (Lipinski definition) is 5. The van der Waals surface area contributed by atoms with Crippen LogP contribution in [0, 0.1) is 11.8 Å². The number of nitrogens with zero attached hydrogens (tertiary/aromatic N) is 2. The second-order valence-electron chi connectivity index (χ2n) is 6.08. The van der Waals surface area contributed by atoms with E-state index in [1.807, 2.05) is 13.8 Å². The van der Waals surface area contributed by atoms with E-state index in [1.54, 1.807) is 4.90 Å². The Morgan fingerprint density at radius 2 is 2.25 bits per heavy atom. The van der Waals surface area contributed by atoms with Crippen molar-refractivity contribution in [2.24, 2.45) is 11.8 Å². The summed E-state index contributed by atoms with van der Waals surface area (Å²) in [4.78, 5) is 40.8. The summed E-state index contributed by atoms with van der Waals surface area (Å²) in [5.74, 6) is -1.42. The molecule has 0 aliphatic carbocycles. The highest BCUT2D eigenvalue weighted by Gasteiger charge is 2.30. The van der Waals surface area contributed by atoms with Crippen LogP contribution < -0.4 is 5.32 Å². The molecule has 1 aromatic heterocycles. The highest BCUT2D eigenvalue weighted by atomic mass is 16.4. The first-order chi connectivity index (χ1) is 11.4. The topological polar surface area (TPSA) is 113 Å². The molecular weight excluding hydrogens is 314 g/mol. The highest BCUT2D eigenvalue weighted by Crippen LogP contribution is 2.19. The first-order valence-corrected chi connectivity index (χ1v) is 8.16. The molecule has 1 aliphatic heterocycles. The van der Waals surface area contributed by atoms with Crippen LogP contribution in [0.1, 0.15) is 49.5 Å². The van der Waals surface area contributed by atoms with E-state index in [0.717, 1.165) is 25.5 Å². The van der Waals surface area contributed by atoms with E-state index >= 15 is 0 Å². The minimum Gasteiger partial charge on any atom is -0.476 e. The first-order valence-electron chi connectivity index (χ1n) is 8.16. The molecule has 1 aliphatic rings. The number of carboxylic acid groups (broad SMARTS) is 1. The van der Waals surface area contributed by atoms with E-state index in [9.17, 15) is 14.4 Å². The Morgan fingerprint density at radius 1 is 1.50 bits per heavy atom. The number of likely N-dealkylation sites (tertiary alicyclic amines) is 1. The fourth-order valence-corrected chi connectivity index (χ4v) is 2.67. The Hall–Kier alpha value is -2.38. The number of amides is 2. The summed E-state index contributed by atoms with van der Waals surface area (Å²) in [5.41, 5.74) is -0.192. The monoisotopic (exact) mass is 337 g/mol. The number of rotatable bonds is 6. The lowest BCUT2D eigenvalue weighted by Gasteiger charge is -2.33. The predicted octanol–water partition coefficient (Wildman–Crippen LogP) is 1.27. The molecule has 2 heterocycles. The van der Waals surface area contributed by atoms with Gasteiger partial charge in [-0.25, -0.2) is 9.78 Å². The van der Waals surface area contributed by atoms with Crippen LogP contribution in [0.4, 0.5) is 0 Å². The summed E-state index contributed by atoms with van der Waals surface area (Å²) >= 11 is 0. The molecule has 0 unspecified atom stereocenters. The van der Waals surface area contributed by atoms with Gasteiger partial charge in [0.2, 0.25) is 17.7 Å². The van der Waals surface area contributed by atoms with Crippen LogP contribution in [-0.4, -0.2) is 45.9 Å². The number of nitrogens with one attached hydrogen (secondary N) is 1. The van der Waals surface area contributed by atoms with Crippen molar-refractivity contribution in [2.45, 2.75) is 39.7 Å². The summed E-state index contributed by atoms with van der Waals surface area (Å²) in [7, 11) is 0. The Morgan fingerprint density at radius 3 is 2.88 bits per heavy atom. The Balaban J connectivity index is 1.87. The quantitative estimate of drug-likeness (QED) is 0.808. The summed E-state index contributed by atoms with van der Waals surface area (Å²) in [6, 6.07) is 0. The molecule has 0 saturated carbocycles. The van der Waals surface area contributed by atoms with Gasteiger partial charge in [0.05, 0.1) is 12.5 Å². The van der Waals surface area contributed by atoms with Crippen molar-refractivity contribution < 1.29 is 23.9 Å². The molecule has 0 radical (unpaired) electrons. The van der Waals surface area contributed by atoms with Crippen LogP contribution in [-0.2, 0) is 16.1 Å². The molecule has 1 saturated heterocycles. The molecular formula is C16H23N3O5. The second kappa shape index (κ2) is 7.94. The van der Waals surface area contributed by atoms with Crippen molar-refractivity contribution in [1.82, 2.24) is 15.2 Å². The maximum absolute atomic E-state index is 12.3. The molecule has 8 heteroatoms. The van der Waals surface area contributed by atoms with Crippen LogP contribution in [0.3, 0.4) is 0 Å². The summed E-state index contributed by atoms with van der Waals surface area (Å²) in [5, 5.41) is 11.5. The van der Waals surface area contributed by atoms with Crippen LogP contribution in [0.5, 0.6) is 0 Å². The SMILES string of the molecule is CC[C@@H](C)C(=O)N1CCC[C@@H](C(=O)NCc2nc(C(=O)O)co2)C1. The van der Waals surface area contributed by atoms with Gasteiger partial charge in [-0.05, 0) is 19.3 Å². The molecule has 2 atom stereocenters. The third-order valence-corrected chi connectivity index (χ3v) is 4.32. The molecule has 24 heavy (non-hydrogen) atoms. The fourth-order valence-electron chi connectivity index (χ4n) is 2.67.